The number of aryl methyl sites for hydroxylation is 1. The van der Waals surface area contributed by atoms with Gasteiger partial charge >= 0.3 is 0 Å². The molecule has 1 N–H and O–H groups in total. The summed E-state index contributed by atoms with van der Waals surface area (Å²) in [5.41, 5.74) is 1.11. The van der Waals surface area contributed by atoms with E-state index in [2.05, 4.69) is 18.9 Å². The maximum atomic E-state index is 9.87. The van der Waals surface area contributed by atoms with E-state index < -0.39 is 0 Å². The van der Waals surface area contributed by atoms with Crippen LogP contribution in [-0.4, -0.2) is 21.0 Å². The van der Waals surface area contributed by atoms with Gasteiger partial charge in [-0.15, -0.1) is 0 Å². The molecule has 0 aliphatic carbocycles. The summed E-state index contributed by atoms with van der Waals surface area (Å²) in [6, 6.07) is 0. The van der Waals surface area contributed by atoms with Crippen molar-refractivity contribution in [2.45, 2.75) is 39.2 Å². The van der Waals surface area contributed by atoms with Crippen molar-refractivity contribution >= 4 is 0 Å². The lowest BCUT2D eigenvalue weighted by Crippen LogP contribution is -2.19. The van der Waals surface area contributed by atoms with Crippen molar-refractivity contribution < 1.29 is 5.11 Å². The Bertz CT molecular complexity index is 270. The minimum absolute atomic E-state index is 0.237. The van der Waals surface area contributed by atoms with Crippen molar-refractivity contribution in [2.24, 2.45) is 13.0 Å². The van der Waals surface area contributed by atoms with E-state index in [1.165, 1.54) is 0 Å². The molecule has 1 aromatic heterocycles. The van der Waals surface area contributed by atoms with Crippen molar-refractivity contribution in [2.75, 3.05) is 0 Å². The molecule has 2 atom stereocenters. The first-order valence-electron chi connectivity index (χ1n) is 5.29. The van der Waals surface area contributed by atoms with Gasteiger partial charge in [0.1, 0.15) is 0 Å². The van der Waals surface area contributed by atoms with Crippen LogP contribution in [0.15, 0.2) is 12.4 Å². The highest BCUT2D eigenvalue weighted by Crippen LogP contribution is 2.14. The van der Waals surface area contributed by atoms with Crippen molar-refractivity contribution in [3.8, 4) is 0 Å². The van der Waals surface area contributed by atoms with Crippen LogP contribution in [0.5, 0.6) is 0 Å². The molecule has 1 heterocycles. The van der Waals surface area contributed by atoms with Gasteiger partial charge in [-0.3, -0.25) is 4.68 Å². The fourth-order valence-corrected chi connectivity index (χ4v) is 1.67. The van der Waals surface area contributed by atoms with Crippen LogP contribution in [0, 0.1) is 5.92 Å². The summed E-state index contributed by atoms with van der Waals surface area (Å²) in [4.78, 5) is 0. The third-order valence-corrected chi connectivity index (χ3v) is 2.60. The third-order valence-electron chi connectivity index (χ3n) is 2.60. The molecule has 3 heteroatoms. The van der Waals surface area contributed by atoms with E-state index in [-0.39, 0.29) is 6.10 Å². The van der Waals surface area contributed by atoms with E-state index in [0.29, 0.717) is 5.92 Å². The summed E-state index contributed by atoms with van der Waals surface area (Å²) in [6.45, 7) is 4.25. The Labute approximate surface area is 85.8 Å². The van der Waals surface area contributed by atoms with Gasteiger partial charge in [0.25, 0.3) is 0 Å². The predicted molar refractivity (Wildman–Crippen MR) is 57.0 cm³/mol. The molecule has 14 heavy (non-hydrogen) atoms. The smallest absolute Gasteiger partial charge is 0.0607 e. The lowest BCUT2D eigenvalue weighted by atomic mass is 9.95. The van der Waals surface area contributed by atoms with Gasteiger partial charge in [0.05, 0.1) is 12.3 Å². The molecule has 80 valence electrons. The summed E-state index contributed by atoms with van der Waals surface area (Å²) in [7, 11) is 1.89. The highest BCUT2D eigenvalue weighted by atomic mass is 16.3. The van der Waals surface area contributed by atoms with Crippen LogP contribution < -0.4 is 0 Å². The van der Waals surface area contributed by atoms with Gasteiger partial charge in [0, 0.05) is 19.7 Å². The minimum Gasteiger partial charge on any atom is -0.393 e. The van der Waals surface area contributed by atoms with Gasteiger partial charge < -0.3 is 5.11 Å². The number of nitrogens with zero attached hydrogens (tertiary/aromatic N) is 2. The van der Waals surface area contributed by atoms with E-state index in [4.69, 9.17) is 0 Å². The average molecular weight is 196 g/mol. The second-order valence-electron chi connectivity index (χ2n) is 4.06. The van der Waals surface area contributed by atoms with E-state index in [1.54, 1.807) is 4.68 Å². The van der Waals surface area contributed by atoms with E-state index in [0.717, 1.165) is 24.8 Å². The molecule has 0 aliphatic rings. The zero-order valence-electron chi connectivity index (χ0n) is 9.27. The van der Waals surface area contributed by atoms with Crippen LogP contribution in [0.3, 0.4) is 0 Å². The van der Waals surface area contributed by atoms with Crippen molar-refractivity contribution in [3.05, 3.63) is 18.0 Å². The van der Waals surface area contributed by atoms with Crippen LogP contribution >= 0.6 is 0 Å². The Morgan fingerprint density at radius 1 is 1.57 bits per heavy atom. The number of aromatic nitrogens is 2. The Hall–Kier alpha value is -0.830. The predicted octanol–water partition coefficient (Wildman–Crippen LogP) is 1.76. The Morgan fingerprint density at radius 2 is 2.29 bits per heavy atom. The molecular formula is C11H20N2O. The van der Waals surface area contributed by atoms with Crippen LogP contribution in [-0.2, 0) is 13.5 Å². The quantitative estimate of drug-likeness (QED) is 0.779. The van der Waals surface area contributed by atoms with Crippen molar-refractivity contribution in [1.29, 1.82) is 0 Å². The van der Waals surface area contributed by atoms with Crippen LogP contribution in [0.25, 0.3) is 0 Å². The maximum absolute atomic E-state index is 9.87. The first-order chi connectivity index (χ1) is 6.63. The summed E-state index contributed by atoms with van der Waals surface area (Å²) in [6.07, 6.45) is 6.48. The fraction of sp³-hybridized carbons (Fsp3) is 0.727. The Morgan fingerprint density at radius 3 is 2.79 bits per heavy atom. The molecule has 0 amide bonds. The second-order valence-corrected chi connectivity index (χ2v) is 4.06. The molecule has 0 fully saturated rings. The molecule has 0 bridgehead atoms. The lowest BCUT2D eigenvalue weighted by molar-refractivity contribution is 0.111. The van der Waals surface area contributed by atoms with Crippen LogP contribution in [0.1, 0.15) is 32.3 Å². The number of aliphatic hydroxyl groups excluding tert-OH is 1. The SMILES string of the molecule is CCCC(C)C(O)Cc1cnn(C)c1. The lowest BCUT2D eigenvalue weighted by Gasteiger charge is -2.17. The molecule has 2 unspecified atom stereocenters. The van der Waals surface area contributed by atoms with Gasteiger partial charge in [-0.1, -0.05) is 20.3 Å². The molecule has 0 saturated heterocycles. The molecule has 1 rings (SSSR count). The van der Waals surface area contributed by atoms with Gasteiger partial charge in [-0.05, 0) is 17.9 Å². The molecule has 0 aromatic carbocycles. The number of aliphatic hydroxyl groups is 1. The van der Waals surface area contributed by atoms with Crippen molar-refractivity contribution in [1.82, 2.24) is 9.78 Å². The highest BCUT2D eigenvalue weighted by molar-refractivity contribution is 5.05. The minimum atomic E-state index is -0.237. The monoisotopic (exact) mass is 196 g/mol. The summed E-state index contributed by atoms with van der Waals surface area (Å²) < 4.78 is 1.77. The first-order valence-corrected chi connectivity index (χ1v) is 5.29. The number of rotatable bonds is 5. The Kier molecular flexibility index (Phi) is 4.14. The molecule has 0 saturated carbocycles. The van der Waals surface area contributed by atoms with Gasteiger partial charge in [0.15, 0.2) is 0 Å². The zero-order chi connectivity index (χ0) is 10.6. The van der Waals surface area contributed by atoms with Crippen LogP contribution in [0.4, 0.5) is 0 Å². The summed E-state index contributed by atoms with van der Waals surface area (Å²) >= 11 is 0. The molecule has 3 nitrogen and oxygen atoms in total. The number of hydrogen-bond donors (Lipinski definition) is 1. The van der Waals surface area contributed by atoms with Crippen molar-refractivity contribution in [3.63, 3.8) is 0 Å². The number of hydrogen-bond acceptors (Lipinski definition) is 2. The fourth-order valence-electron chi connectivity index (χ4n) is 1.67. The summed E-state index contributed by atoms with van der Waals surface area (Å²) in [5, 5.41) is 14.0. The van der Waals surface area contributed by atoms with Gasteiger partial charge in [0.2, 0.25) is 0 Å². The first kappa shape index (κ1) is 11.2. The largest absolute Gasteiger partial charge is 0.393 e. The molecule has 0 spiro atoms. The molecular weight excluding hydrogens is 176 g/mol. The average Bonchev–Trinajstić information content (AvgIpc) is 2.51. The van der Waals surface area contributed by atoms with E-state index in [9.17, 15) is 5.11 Å². The van der Waals surface area contributed by atoms with E-state index in [1.807, 2.05) is 19.4 Å². The van der Waals surface area contributed by atoms with Gasteiger partial charge in [-0.2, -0.15) is 5.10 Å². The zero-order valence-corrected chi connectivity index (χ0v) is 9.27. The van der Waals surface area contributed by atoms with Crippen LogP contribution in [0.2, 0.25) is 0 Å². The molecule has 0 radical (unpaired) electrons. The third kappa shape index (κ3) is 3.14. The highest BCUT2D eigenvalue weighted by Gasteiger charge is 2.14. The molecule has 1 aromatic rings. The normalized spacial score (nSPS) is 15.4. The standard InChI is InChI=1S/C11H20N2O/c1-4-5-9(2)11(14)6-10-7-12-13(3)8-10/h7-9,11,14H,4-6H2,1-3H3. The molecule has 0 aliphatic heterocycles. The topological polar surface area (TPSA) is 38.1 Å². The second kappa shape index (κ2) is 5.15. The Balaban J connectivity index is 2.43. The maximum Gasteiger partial charge on any atom is 0.0607 e. The summed E-state index contributed by atoms with van der Waals surface area (Å²) in [5.74, 6) is 0.375. The van der Waals surface area contributed by atoms with Gasteiger partial charge in [-0.25, -0.2) is 0 Å². The van der Waals surface area contributed by atoms with E-state index >= 15 is 0 Å².